The second kappa shape index (κ2) is 12.6. The lowest BCUT2D eigenvalue weighted by atomic mass is 9.98. The maximum Gasteiger partial charge on any atom is 0.480 e. The summed E-state index contributed by atoms with van der Waals surface area (Å²) in [6.07, 6.45) is 5.48. The molecule has 0 aromatic heterocycles. The van der Waals surface area contributed by atoms with E-state index in [4.69, 9.17) is 0 Å². The molecular weight excluding hydrogens is 476 g/mol. The molecule has 0 radical (unpaired) electrons. The molecule has 0 aliphatic rings. The number of quaternary nitrogens is 1. The molecule has 1 atom stereocenters. The molecule has 0 fully saturated rings. The quantitative estimate of drug-likeness (QED) is 0.312. The maximum atomic E-state index is 11.4. The summed E-state index contributed by atoms with van der Waals surface area (Å²) in [7, 11) is -4.37. The smallest absolute Gasteiger partial charge is 0.421 e. The number of alkyl halides is 6. The molecule has 31 heavy (non-hydrogen) atoms. The standard InChI is InChI=1S/C14H33N2.C2F6NO4S2/c1-7-9-10-14(8-2)13-16(5,6)12-11-15(3)4;3-1(4,5)14(10,11)9-15(12,13)2(6,7)8/h14H,7-13H2,1-6H3;/q+1;-1. The molecule has 7 nitrogen and oxygen atoms in total. The van der Waals surface area contributed by atoms with Crippen LogP contribution in [0.25, 0.3) is 4.13 Å². The van der Waals surface area contributed by atoms with Gasteiger partial charge >= 0.3 is 11.0 Å². The molecule has 0 amide bonds. The lowest BCUT2D eigenvalue weighted by Crippen LogP contribution is -2.47. The Morgan fingerprint density at radius 1 is 0.903 bits per heavy atom. The molecule has 0 saturated heterocycles. The highest BCUT2D eigenvalue weighted by Gasteiger charge is 2.46. The maximum absolute atomic E-state index is 11.4. The minimum Gasteiger partial charge on any atom is -0.421 e. The van der Waals surface area contributed by atoms with E-state index in [1.165, 1.54) is 49.8 Å². The third-order valence-electron chi connectivity index (χ3n) is 4.23. The van der Waals surface area contributed by atoms with E-state index in [0.717, 1.165) is 10.0 Å². The average Bonchev–Trinajstić information content (AvgIpc) is 2.54. The summed E-state index contributed by atoms with van der Waals surface area (Å²) in [6.45, 7) is 8.42. The van der Waals surface area contributed by atoms with Crippen LogP contribution >= 0.6 is 0 Å². The Balaban J connectivity index is 0. The molecule has 0 aromatic carbocycles. The normalized spacial score (nSPS) is 14.9. The van der Waals surface area contributed by atoms with Crippen LogP contribution in [-0.4, -0.2) is 85.1 Å². The molecule has 0 aliphatic carbocycles. The fraction of sp³-hybridized carbons (Fsp3) is 1.00. The Kier molecular flexibility index (Phi) is 13.2. The van der Waals surface area contributed by atoms with Gasteiger partial charge in [-0.1, -0.05) is 26.7 Å². The van der Waals surface area contributed by atoms with Crippen molar-refractivity contribution in [1.29, 1.82) is 0 Å². The second-order valence-electron chi connectivity index (χ2n) is 7.98. The van der Waals surface area contributed by atoms with Crippen LogP contribution in [0, 0.1) is 5.92 Å². The number of unbranched alkanes of at least 4 members (excludes halogenated alkanes) is 1. The summed E-state index contributed by atoms with van der Waals surface area (Å²) < 4.78 is 110. The van der Waals surface area contributed by atoms with Gasteiger partial charge in [0.25, 0.3) is 0 Å². The first-order valence-electron chi connectivity index (χ1n) is 9.45. The van der Waals surface area contributed by atoms with Crippen LogP contribution in [-0.2, 0) is 20.0 Å². The van der Waals surface area contributed by atoms with Gasteiger partial charge in [-0.2, -0.15) is 26.3 Å². The zero-order chi connectivity index (χ0) is 25.3. The van der Waals surface area contributed by atoms with Crippen molar-refractivity contribution >= 4 is 20.0 Å². The highest BCUT2D eigenvalue weighted by atomic mass is 32.3. The molecular formula is C16H33F6N3O4S2. The van der Waals surface area contributed by atoms with Gasteiger partial charge in [-0.25, -0.2) is 16.8 Å². The Labute approximate surface area is 181 Å². The summed E-state index contributed by atoms with van der Waals surface area (Å²) in [4.78, 5) is 2.28. The SMILES string of the molecule is CCCCC(CC)C[N+](C)(C)CCN(C)C.O=S(=O)([N-]S(=O)(=O)C(F)(F)F)C(F)(F)F. The van der Waals surface area contributed by atoms with E-state index < -0.39 is 31.1 Å². The van der Waals surface area contributed by atoms with Gasteiger partial charge in [-0.15, -0.1) is 0 Å². The Bertz CT molecular complexity index is 679. The minimum absolute atomic E-state index is 0.778. The minimum atomic E-state index is -6.72. The molecule has 190 valence electrons. The van der Waals surface area contributed by atoms with Gasteiger partial charge in [0.1, 0.15) is 0 Å². The zero-order valence-corrected chi connectivity index (χ0v) is 20.2. The van der Waals surface area contributed by atoms with Crippen molar-refractivity contribution in [3.8, 4) is 0 Å². The Hall–Kier alpha value is -0.640. The van der Waals surface area contributed by atoms with Crippen LogP contribution in [0.4, 0.5) is 26.3 Å². The summed E-state index contributed by atoms with van der Waals surface area (Å²) in [5.74, 6) is 0.914. The van der Waals surface area contributed by atoms with Crippen molar-refractivity contribution < 1.29 is 47.7 Å². The summed E-state index contributed by atoms with van der Waals surface area (Å²) in [6, 6.07) is 0. The molecule has 0 aliphatic heterocycles. The molecule has 15 heteroatoms. The van der Waals surface area contributed by atoms with Crippen molar-refractivity contribution in [3.63, 3.8) is 0 Å². The highest BCUT2D eigenvalue weighted by Crippen LogP contribution is 2.36. The van der Waals surface area contributed by atoms with E-state index in [-0.39, 0.29) is 0 Å². The van der Waals surface area contributed by atoms with Crippen molar-refractivity contribution in [3.05, 3.63) is 4.13 Å². The molecule has 0 heterocycles. The van der Waals surface area contributed by atoms with Gasteiger partial charge in [0.2, 0.25) is 0 Å². The predicted octanol–water partition coefficient (Wildman–Crippen LogP) is 3.90. The molecule has 0 bridgehead atoms. The van der Waals surface area contributed by atoms with E-state index in [1.807, 2.05) is 0 Å². The zero-order valence-electron chi connectivity index (χ0n) is 18.6. The summed E-state index contributed by atoms with van der Waals surface area (Å²) in [5.41, 5.74) is -12.4. The fourth-order valence-electron chi connectivity index (χ4n) is 2.39. The molecule has 0 rings (SSSR count). The highest BCUT2D eigenvalue weighted by molar-refractivity contribution is 8.13. The van der Waals surface area contributed by atoms with Crippen LogP contribution < -0.4 is 0 Å². The van der Waals surface area contributed by atoms with Crippen LogP contribution in [0.2, 0.25) is 0 Å². The van der Waals surface area contributed by atoms with Gasteiger partial charge in [0.05, 0.1) is 27.2 Å². The van der Waals surface area contributed by atoms with Crippen LogP contribution in [0.1, 0.15) is 39.5 Å². The number of likely N-dealkylation sites (N-methyl/N-ethyl adjacent to an activating group) is 2. The fourth-order valence-corrected chi connectivity index (χ4v) is 4.10. The number of hydrogen-bond donors (Lipinski definition) is 0. The van der Waals surface area contributed by atoms with Crippen molar-refractivity contribution in [1.82, 2.24) is 4.90 Å². The van der Waals surface area contributed by atoms with Gasteiger partial charge in [0, 0.05) is 12.5 Å². The predicted molar refractivity (Wildman–Crippen MR) is 107 cm³/mol. The van der Waals surface area contributed by atoms with Gasteiger partial charge in [0.15, 0.2) is 20.0 Å². The first-order valence-corrected chi connectivity index (χ1v) is 12.3. The van der Waals surface area contributed by atoms with Gasteiger partial charge in [-0.05, 0) is 26.9 Å². The molecule has 0 saturated carbocycles. The Morgan fingerprint density at radius 3 is 1.61 bits per heavy atom. The van der Waals surface area contributed by atoms with Gasteiger partial charge in [-0.3, -0.25) is 0 Å². The number of rotatable bonds is 11. The largest absolute Gasteiger partial charge is 0.480 e. The topological polar surface area (TPSA) is 85.6 Å². The second-order valence-corrected chi connectivity index (χ2v) is 11.4. The lowest BCUT2D eigenvalue weighted by Gasteiger charge is -2.34. The number of sulfonamides is 2. The van der Waals surface area contributed by atoms with E-state index in [1.54, 1.807) is 0 Å². The van der Waals surface area contributed by atoms with Crippen LogP contribution in [0.15, 0.2) is 0 Å². The molecule has 1 unspecified atom stereocenters. The summed E-state index contributed by atoms with van der Waals surface area (Å²) in [5, 5.41) is 0. The number of halogens is 6. The molecule has 0 spiro atoms. The van der Waals surface area contributed by atoms with Crippen LogP contribution in [0.3, 0.4) is 0 Å². The van der Waals surface area contributed by atoms with Crippen molar-refractivity contribution in [2.45, 2.75) is 50.5 Å². The molecule has 0 N–H and O–H groups in total. The van der Waals surface area contributed by atoms with Gasteiger partial charge < -0.3 is 13.5 Å². The van der Waals surface area contributed by atoms with E-state index in [2.05, 4.69) is 46.9 Å². The first kappa shape index (κ1) is 32.5. The third kappa shape index (κ3) is 13.5. The monoisotopic (exact) mass is 509 g/mol. The van der Waals surface area contributed by atoms with Crippen LogP contribution in [0.5, 0.6) is 0 Å². The van der Waals surface area contributed by atoms with Crippen molar-refractivity contribution in [2.75, 3.05) is 47.8 Å². The summed E-state index contributed by atoms with van der Waals surface area (Å²) >= 11 is 0. The first-order chi connectivity index (χ1) is 13.6. The lowest BCUT2D eigenvalue weighted by molar-refractivity contribution is -0.893. The number of hydrogen-bond acceptors (Lipinski definition) is 5. The number of nitrogens with zero attached hydrogens (tertiary/aromatic N) is 3. The third-order valence-corrected chi connectivity index (χ3v) is 6.97. The van der Waals surface area contributed by atoms with E-state index in [9.17, 15) is 43.2 Å². The van der Waals surface area contributed by atoms with E-state index >= 15 is 0 Å². The van der Waals surface area contributed by atoms with Crippen molar-refractivity contribution in [2.24, 2.45) is 5.92 Å². The van der Waals surface area contributed by atoms with E-state index in [0.29, 0.717) is 0 Å². The Morgan fingerprint density at radius 2 is 1.32 bits per heavy atom. The molecule has 0 aromatic rings. The average molecular weight is 510 g/mol.